The highest BCUT2D eigenvalue weighted by Crippen LogP contribution is 2.25. The lowest BCUT2D eigenvalue weighted by atomic mass is 9.92. The number of thiazole rings is 1. The number of nitrogens with zero attached hydrogens (tertiary/aromatic N) is 4. The first-order valence-corrected chi connectivity index (χ1v) is 11.0. The maximum atomic E-state index is 4.81. The molecule has 0 unspecified atom stereocenters. The number of nitrogens with one attached hydrogen (secondary N) is 2. The number of rotatable bonds is 7. The van der Waals surface area contributed by atoms with Crippen LogP contribution in [0.25, 0.3) is 0 Å². The molecule has 0 amide bonds. The van der Waals surface area contributed by atoms with E-state index in [0.29, 0.717) is 5.92 Å². The highest BCUT2D eigenvalue weighted by atomic mass is 32.1. The molecular weight excluding hydrogens is 380 g/mol. The van der Waals surface area contributed by atoms with Crippen molar-refractivity contribution in [1.82, 2.24) is 19.9 Å². The first kappa shape index (κ1) is 19.8. The molecule has 7 heteroatoms. The van der Waals surface area contributed by atoms with Gasteiger partial charge in [-0.2, -0.15) is 0 Å². The van der Waals surface area contributed by atoms with E-state index in [1.165, 1.54) is 23.3 Å². The Balaban J connectivity index is 1.30. The fourth-order valence-electron chi connectivity index (χ4n) is 3.86. The van der Waals surface area contributed by atoms with Crippen LogP contribution < -0.4 is 10.6 Å². The van der Waals surface area contributed by atoms with Crippen LogP contribution in [0.5, 0.6) is 0 Å². The Morgan fingerprint density at radius 3 is 2.76 bits per heavy atom. The predicted molar refractivity (Wildman–Crippen MR) is 120 cm³/mol. The van der Waals surface area contributed by atoms with Gasteiger partial charge in [-0.25, -0.2) is 15.0 Å². The number of hydrogen-bond acceptors (Lipinski definition) is 7. The number of pyridine rings is 2. The normalized spacial score (nSPS) is 15.4. The quantitative estimate of drug-likeness (QED) is 0.601. The molecule has 3 aromatic rings. The molecule has 4 heterocycles. The third-order valence-corrected chi connectivity index (χ3v) is 6.22. The van der Waals surface area contributed by atoms with Gasteiger partial charge in [0.1, 0.15) is 11.6 Å². The highest BCUT2D eigenvalue weighted by molar-refractivity contribution is 7.15. The van der Waals surface area contributed by atoms with E-state index in [1.54, 1.807) is 11.3 Å². The zero-order chi connectivity index (χ0) is 20.1. The van der Waals surface area contributed by atoms with Crippen molar-refractivity contribution < 1.29 is 0 Å². The van der Waals surface area contributed by atoms with Crippen molar-refractivity contribution >= 4 is 28.1 Å². The Hall–Kier alpha value is -2.51. The van der Waals surface area contributed by atoms with Crippen LogP contribution in [0.1, 0.15) is 29.0 Å². The van der Waals surface area contributed by atoms with Crippen molar-refractivity contribution in [3.63, 3.8) is 0 Å². The van der Waals surface area contributed by atoms with Crippen molar-refractivity contribution in [2.24, 2.45) is 5.92 Å². The lowest BCUT2D eigenvalue weighted by molar-refractivity contribution is 0.176. The number of aryl methyl sites for hydroxylation is 1. The van der Waals surface area contributed by atoms with Gasteiger partial charge in [-0.15, -0.1) is 11.3 Å². The van der Waals surface area contributed by atoms with E-state index in [0.717, 1.165) is 48.5 Å². The second kappa shape index (κ2) is 9.33. The lowest BCUT2D eigenvalue weighted by Gasteiger charge is -2.32. The van der Waals surface area contributed by atoms with Gasteiger partial charge >= 0.3 is 0 Å². The monoisotopic (exact) mass is 408 g/mol. The second-order valence-corrected chi connectivity index (χ2v) is 8.83. The number of hydrogen-bond donors (Lipinski definition) is 2. The Kier molecular flexibility index (Phi) is 6.36. The van der Waals surface area contributed by atoms with Gasteiger partial charge in [0.15, 0.2) is 5.13 Å². The molecule has 1 saturated heterocycles. The van der Waals surface area contributed by atoms with Crippen LogP contribution in [0.4, 0.5) is 16.8 Å². The largest absolute Gasteiger partial charge is 0.373 e. The van der Waals surface area contributed by atoms with E-state index in [4.69, 9.17) is 4.98 Å². The molecule has 3 aromatic heterocycles. The average molecular weight is 409 g/mol. The van der Waals surface area contributed by atoms with Crippen LogP contribution in [0.2, 0.25) is 0 Å². The minimum absolute atomic E-state index is 0.689. The molecule has 0 aromatic carbocycles. The fraction of sp³-hybridized carbons (Fsp3) is 0.409. The molecule has 0 saturated carbocycles. The molecule has 1 fully saturated rings. The minimum atomic E-state index is 0.689. The van der Waals surface area contributed by atoms with Crippen LogP contribution in [-0.2, 0) is 13.0 Å². The molecule has 6 nitrogen and oxygen atoms in total. The first-order valence-electron chi connectivity index (χ1n) is 10.2. The fourth-order valence-corrected chi connectivity index (χ4v) is 4.53. The number of likely N-dealkylation sites (tertiary alicyclic amines) is 1. The van der Waals surface area contributed by atoms with E-state index in [9.17, 15) is 0 Å². The number of aromatic nitrogens is 3. The van der Waals surface area contributed by atoms with Gasteiger partial charge in [0.25, 0.3) is 0 Å². The van der Waals surface area contributed by atoms with Gasteiger partial charge in [-0.1, -0.05) is 12.1 Å². The Labute approximate surface area is 176 Å². The Morgan fingerprint density at radius 2 is 2.00 bits per heavy atom. The Bertz CT molecular complexity index is 932. The molecule has 0 radical (unpaired) electrons. The van der Waals surface area contributed by atoms with Crippen molar-refractivity contribution in [3.05, 3.63) is 58.9 Å². The molecule has 4 rings (SSSR count). The lowest BCUT2D eigenvalue weighted by Crippen LogP contribution is -2.34. The maximum Gasteiger partial charge on any atom is 0.188 e. The van der Waals surface area contributed by atoms with E-state index < -0.39 is 0 Å². The van der Waals surface area contributed by atoms with Gasteiger partial charge in [0.05, 0.1) is 0 Å². The molecule has 1 aliphatic heterocycles. The summed E-state index contributed by atoms with van der Waals surface area (Å²) in [6.07, 6.45) is 7.18. The smallest absolute Gasteiger partial charge is 0.188 e. The molecule has 0 spiro atoms. The summed E-state index contributed by atoms with van der Waals surface area (Å²) in [6, 6.07) is 10.4. The topological polar surface area (TPSA) is 66.0 Å². The van der Waals surface area contributed by atoms with Crippen LogP contribution in [0.3, 0.4) is 0 Å². The summed E-state index contributed by atoms with van der Waals surface area (Å²) in [4.78, 5) is 17.3. The zero-order valence-electron chi connectivity index (χ0n) is 17.1. The van der Waals surface area contributed by atoms with Crippen LogP contribution in [0, 0.1) is 12.8 Å². The molecule has 0 atom stereocenters. The van der Waals surface area contributed by atoms with E-state index in [2.05, 4.69) is 50.6 Å². The van der Waals surface area contributed by atoms with Crippen LogP contribution in [0.15, 0.2) is 42.7 Å². The van der Waals surface area contributed by atoms with Gasteiger partial charge in [0, 0.05) is 42.1 Å². The standard InChI is InChI=1S/C22H28N6S/c1-16-14-25-22(29-16)27-20-7-3-6-19(26-20)13-17-8-11-28(12-9-17)15-18-5-4-10-24-21(18)23-2/h3-7,10,14,17H,8-9,11-13,15H2,1-2H3,(H,23,24)(H,25,26,27). The summed E-state index contributed by atoms with van der Waals surface area (Å²) in [6.45, 7) is 5.27. The van der Waals surface area contributed by atoms with Crippen molar-refractivity contribution in [1.29, 1.82) is 0 Å². The Morgan fingerprint density at radius 1 is 1.14 bits per heavy atom. The summed E-state index contributed by atoms with van der Waals surface area (Å²) in [5.41, 5.74) is 2.43. The maximum absolute atomic E-state index is 4.81. The van der Waals surface area contributed by atoms with E-state index >= 15 is 0 Å². The molecule has 1 aliphatic rings. The second-order valence-electron chi connectivity index (χ2n) is 7.60. The summed E-state index contributed by atoms with van der Waals surface area (Å²) in [7, 11) is 1.93. The van der Waals surface area contributed by atoms with Crippen LogP contribution >= 0.6 is 11.3 Å². The molecule has 0 aliphatic carbocycles. The minimum Gasteiger partial charge on any atom is -0.373 e. The van der Waals surface area contributed by atoms with Gasteiger partial charge in [-0.05, 0) is 63.4 Å². The van der Waals surface area contributed by atoms with E-state index in [1.807, 2.05) is 31.6 Å². The SMILES string of the molecule is CNc1ncccc1CN1CCC(Cc2cccc(Nc3ncc(C)s3)n2)CC1. The summed E-state index contributed by atoms with van der Waals surface area (Å²) in [5.74, 6) is 2.55. The molecule has 152 valence electrons. The van der Waals surface area contributed by atoms with Crippen molar-refractivity contribution in [2.75, 3.05) is 30.8 Å². The third-order valence-electron chi connectivity index (χ3n) is 5.39. The molecule has 29 heavy (non-hydrogen) atoms. The summed E-state index contributed by atoms with van der Waals surface area (Å²) in [5, 5.41) is 7.42. The molecule has 2 N–H and O–H groups in total. The third kappa shape index (κ3) is 5.31. The van der Waals surface area contributed by atoms with Crippen molar-refractivity contribution in [3.8, 4) is 0 Å². The van der Waals surface area contributed by atoms with Gasteiger partial charge in [0.2, 0.25) is 0 Å². The number of piperidine rings is 1. The van der Waals surface area contributed by atoms with Crippen molar-refractivity contribution in [2.45, 2.75) is 32.7 Å². The number of anilines is 3. The summed E-state index contributed by atoms with van der Waals surface area (Å²) >= 11 is 1.65. The van der Waals surface area contributed by atoms with E-state index in [-0.39, 0.29) is 0 Å². The molecule has 0 bridgehead atoms. The zero-order valence-corrected chi connectivity index (χ0v) is 17.9. The first-order chi connectivity index (χ1) is 14.2. The highest BCUT2D eigenvalue weighted by Gasteiger charge is 2.21. The average Bonchev–Trinajstić information content (AvgIpc) is 3.15. The summed E-state index contributed by atoms with van der Waals surface area (Å²) < 4.78 is 0. The van der Waals surface area contributed by atoms with Gasteiger partial charge in [-0.3, -0.25) is 4.90 Å². The molecular formula is C22H28N6S. The van der Waals surface area contributed by atoms with Crippen LogP contribution in [-0.4, -0.2) is 40.0 Å². The van der Waals surface area contributed by atoms with Gasteiger partial charge < -0.3 is 10.6 Å². The predicted octanol–water partition coefficient (Wildman–Crippen LogP) is 4.48.